The predicted octanol–water partition coefficient (Wildman–Crippen LogP) is 1.78. The smallest absolute Gasteiger partial charge is 0.131 e. The molecule has 1 aliphatic rings. The molecule has 1 aliphatic heterocycles. The molecule has 2 rings (SSSR count). The predicted molar refractivity (Wildman–Crippen MR) is 79.5 cm³/mol. The van der Waals surface area contributed by atoms with E-state index in [4.69, 9.17) is 0 Å². The molecular weight excluding hydrogens is 244 g/mol. The van der Waals surface area contributed by atoms with Crippen LogP contribution in [0, 0.1) is 6.92 Å². The first kappa shape index (κ1) is 13.7. The van der Waals surface area contributed by atoms with Gasteiger partial charge in [-0.1, -0.05) is 0 Å². The van der Waals surface area contributed by atoms with Crippen LogP contribution in [0.5, 0.6) is 0 Å². The lowest BCUT2D eigenvalue weighted by atomic mass is 10.1. The maximum Gasteiger partial charge on any atom is 0.131 e. The summed E-state index contributed by atoms with van der Waals surface area (Å²) in [6.07, 6.45) is 0. The quantitative estimate of drug-likeness (QED) is 0.906. The molecule has 0 aromatic carbocycles. The van der Waals surface area contributed by atoms with Crippen LogP contribution >= 0.6 is 11.8 Å². The molecule has 2 heterocycles. The summed E-state index contributed by atoms with van der Waals surface area (Å²) in [6, 6.07) is 0. The summed E-state index contributed by atoms with van der Waals surface area (Å²) in [5.74, 6) is 2.48. The van der Waals surface area contributed by atoms with Crippen LogP contribution in [0.2, 0.25) is 0 Å². The van der Waals surface area contributed by atoms with Gasteiger partial charge < -0.3 is 10.2 Å². The molecule has 0 radical (unpaired) electrons. The Hall–Kier alpha value is -0.680. The van der Waals surface area contributed by atoms with Crippen LogP contribution < -0.4 is 10.2 Å². The van der Waals surface area contributed by atoms with Gasteiger partial charge in [-0.25, -0.2) is 0 Å². The third-order valence-electron chi connectivity index (χ3n) is 3.39. The minimum Gasteiger partial charge on any atom is -0.354 e. The Morgan fingerprint density at radius 1 is 1.44 bits per heavy atom. The fourth-order valence-corrected chi connectivity index (χ4v) is 3.78. The summed E-state index contributed by atoms with van der Waals surface area (Å²) >= 11 is 2.06. The molecule has 0 bridgehead atoms. The molecule has 0 unspecified atom stereocenters. The van der Waals surface area contributed by atoms with Crippen molar-refractivity contribution in [3.8, 4) is 0 Å². The number of rotatable bonds is 3. The Morgan fingerprint density at radius 3 is 2.78 bits per heavy atom. The first-order chi connectivity index (χ1) is 8.44. The summed E-state index contributed by atoms with van der Waals surface area (Å²) in [5.41, 5.74) is 2.47. The van der Waals surface area contributed by atoms with Crippen LogP contribution in [0.25, 0.3) is 0 Å². The van der Waals surface area contributed by atoms with Crippen molar-refractivity contribution in [1.82, 2.24) is 15.1 Å². The fraction of sp³-hybridized carbons (Fsp3) is 0.769. The van der Waals surface area contributed by atoms with Gasteiger partial charge in [0.05, 0.1) is 5.69 Å². The maximum atomic E-state index is 4.58. The van der Waals surface area contributed by atoms with E-state index in [1.54, 1.807) is 0 Å². The third kappa shape index (κ3) is 2.67. The largest absolute Gasteiger partial charge is 0.354 e. The van der Waals surface area contributed by atoms with Crippen molar-refractivity contribution < 1.29 is 0 Å². The molecule has 0 amide bonds. The van der Waals surface area contributed by atoms with Gasteiger partial charge in [-0.05, 0) is 27.8 Å². The van der Waals surface area contributed by atoms with Gasteiger partial charge in [0.25, 0.3) is 0 Å². The van der Waals surface area contributed by atoms with Gasteiger partial charge in [-0.3, -0.25) is 4.68 Å². The Bertz CT molecular complexity index is 425. The van der Waals surface area contributed by atoms with E-state index < -0.39 is 0 Å². The van der Waals surface area contributed by atoms with Crippen LogP contribution in [-0.4, -0.2) is 40.4 Å². The molecule has 4 nitrogen and oxygen atoms in total. The normalized spacial score (nSPS) is 19.3. The van der Waals surface area contributed by atoms with Gasteiger partial charge in [0, 0.05) is 42.7 Å². The van der Waals surface area contributed by atoms with E-state index in [1.807, 2.05) is 11.7 Å². The number of aromatic nitrogens is 2. The Kier molecular flexibility index (Phi) is 3.92. The van der Waals surface area contributed by atoms with Gasteiger partial charge in [0.1, 0.15) is 5.82 Å². The van der Waals surface area contributed by atoms with Crippen molar-refractivity contribution in [2.24, 2.45) is 7.05 Å². The molecule has 0 saturated carbocycles. The Labute approximate surface area is 114 Å². The number of nitrogens with zero attached hydrogens (tertiary/aromatic N) is 3. The van der Waals surface area contributed by atoms with Gasteiger partial charge >= 0.3 is 0 Å². The minimum atomic E-state index is 0.327. The minimum absolute atomic E-state index is 0.327. The summed E-state index contributed by atoms with van der Waals surface area (Å²) in [7, 11) is 4.04. The molecule has 1 N–H and O–H groups in total. The monoisotopic (exact) mass is 268 g/mol. The van der Waals surface area contributed by atoms with Gasteiger partial charge in [0.15, 0.2) is 0 Å². The zero-order valence-electron chi connectivity index (χ0n) is 12.1. The molecule has 0 atom stereocenters. The number of anilines is 1. The molecule has 18 heavy (non-hydrogen) atoms. The molecule has 102 valence electrons. The second-order valence-electron chi connectivity index (χ2n) is 5.57. The second kappa shape index (κ2) is 5.13. The van der Waals surface area contributed by atoms with Crippen LogP contribution in [0.15, 0.2) is 0 Å². The van der Waals surface area contributed by atoms with Crippen molar-refractivity contribution in [3.05, 3.63) is 11.3 Å². The summed E-state index contributed by atoms with van der Waals surface area (Å²) in [5, 5.41) is 7.83. The highest BCUT2D eigenvalue weighted by molar-refractivity contribution is 8.00. The van der Waals surface area contributed by atoms with Crippen molar-refractivity contribution in [3.63, 3.8) is 0 Å². The van der Waals surface area contributed by atoms with Crippen molar-refractivity contribution in [2.75, 3.05) is 30.8 Å². The fourth-order valence-electron chi connectivity index (χ4n) is 2.67. The van der Waals surface area contributed by atoms with E-state index in [1.165, 1.54) is 17.1 Å². The molecule has 0 aliphatic carbocycles. The molecular formula is C13H24N4S. The third-order valence-corrected chi connectivity index (χ3v) is 4.69. The number of hydrogen-bond donors (Lipinski definition) is 1. The van der Waals surface area contributed by atoms with E-state index in [-0.39, 0.29) is 0 Å². The second-order valence-corrected chi connectivity index (χ2v) is 7.37. The van der Waals surface area contributed by atoms with Gasteiger partial charge in [-0.15, -0.1) is 0 Å². The Morgan fingerprint density at radius 2 is 2.17 bits per heavy atom. The molecule has 0 spiro atoms. The lowest BCUT2D eigenvalue weighted by Gasteiger charge is -2.39. The average Bonchev–Trinajstić information content (AvgIpc) is 2.53. The van der Waals surface area contributed by atoms with Crippen molar-refractivity contribution >= 4 is 17.6 Å². The highest BCUT2D eigenvalue weighted by atomic mass is 32.2. The lowest BCUT2D eigenvalue weighted by Crippen LogP contribution is -2.44. The number of hydrogen-bond acceptors (Lipinski definition) is 4. The van der Waals surface area contributed by atoms with Crippen LogP contribution in [0.3, 0.4) is 0 Å². The highest BCUT2D eigenvalue weighted by Gasteiger charge is 2.30. The van der Waals surface area contributed by atoms with E-state index >= 15 is 0 Å². The summed E-state index contributed by atoms with van der Waals surface area (Å²) < 4.78 is 2.36. The average molecular weight is 268 g/mol. The van der Waals surface area contributed by atoms with E-state index in [2.05, 4.69) is 54.9 Å². The molecule has 1 fully saturated rings. The molecule has 5 heteroatoms. The standard InChI is InChI=1S/C13H24N4S/c1-10-11(8-14-4)12(16(5)15-10)17-6-7-18-13(2,3)9-17/h14H,6-9H2,1-5H3. The summed E-state index contributed by atoms with van der Waals surface area (Å²) in [4.78, 5) is 2.49. The lowest BCUT2D eigenvalue weighted by molar-refractivity contribution is 0.618. The maximum absolute atomic E-state index is 4.58. The van der Waals surface area contributed by atoms with Crippen molar-refractivity contribution in [1.29, 1.82) is 0 Å². The van der Waals surface area contributed by atoms with Crippen LogP contribution in [0.4, 0.5) is 5.82 Å². The van der Waals surface area contributed by atoms with E-state index in [9.17, 15) is 0 Å². The Balaban J connectivity index is 2.32. The summed E-state index contributed by atoms with van der Waals surface area (Å²) in [6.45, 7) is 9.84. The topological polar surface area (TPSA) is 33.1 Å². The first-order valence-corrected chi connectivity index (χ1v) is 7.49. The molecule has 1 aromatic rings. The SMILES string of the molecule is CNCc1c(C)nn(C)c1N1CCSC(C)(C)C1. The number of nitrogens with one attached hydrogen (secondary N) is 1. The first-order valence-electron chi connectivity index (χ1n) is 6.50. The van der Waals surface area contributed by atoms with Crippen LogP contribution in [0.1, 0.15) is 25.1 Å². The molecule has 1 saturated heterocycles. The highest BCUT2D eigenvalue weighted by Crippen LogP contribution is 2.34. The molecule has 1 aromatic heterocycles. The van der Waals surface area contributed by atoms with Gasteiger partial charge in [-0.2, -0.15) is 16.9 Å². The van der Waals surface area contributed by atoms with E-state index in [0.29, 0.717) is 4.75 Å². The number of aryl methyl sites for hydroxylation is 2. The zero-order chi connectivity index (χ0) is 13.3. The van der Waals surface area contributed by atoms with Crippen molar-refractivity contribution in [2.45, 2.75) is 32.1 Å². The van der Waals surface area contributed by atoms with E-state index in [0.717, 1.165) is 25.3 Å². The zero-order valence-corrected chi connectivity index (χ0v) is 12.9. The van der Waals surface area contributed by atoms with Gasteiger partial charge in [0.2, 0.25) is 0 Å². The van der Waals surface area contributed by atoms with Crippen LogP contribution in [-0.2, 0) is 13.6 Å². The number of thioether (sulfide) groups is 1.